The van der Waals surface area contributed by atoms with E-state index in [1.165, 1.54) is 5.48 Å². The van der Waals surface area contributed by atoms with Crippen LogP contribution < -0.4 is 27.2 Å². The van der Waals surface area contributed by atoms with Crippen molar-refractivity contribution in [2.75, 3.05) is 18.4 Å². The van der Waals surface area contributed by atoms with Gasteiger partial charge in [0.15, 0.2) is 0 Å². The number of hydrogen-bond donors (Lipinski definition) is 6. The lowest BCUT2D eigenvalue weighted by atomic mass is 10.1. The van der Waals surface area contributed by atoms with Crippen molar-refractivity contribution >= 4 is 23.4 Å². The van der Waals surface area contributed by atoms with E-state index in [1.807, 2.05) is 0 Å². The Morgan fingerprint density at radius 2 is 1.54 bits per heavy atom. The zero-order valence-electron chi connectivity index (χ0n) is 20.1. The minimum atomic E-state index is -1.07. The van der Waals surface area contributed by atoms with Crippen LogP contribution in [0.1, 0.15) is 34.5 Å². The van der Waals surface area contributed by atoms with Crippen LogP contribution in [0.2, 0.25) is 0 Å². The summed E-state index contributed by atoms with van der Waals surface area (Å²) >= 11 is 0. The number of hydroxylamine groups is 1. The lowest BCUT2D eigenvalue weighted by Gasteiger charge is -2.14. The van der Waals surface area contributed by atoms with E-state index in [1.54, 1.807) is 48.5 Å². The standard InChI is InChI=1S/C27H25F2N5O4.CH4/c28-21-9-12-23(29)20(13-21)15-31-16-25(35)32-22-10-5-18(6-11-22)2-1-17-3-7-19(8-4-17)26(36)33-24(14-30)27(37)34-38;/h3-13,24,31,38H,14-16,30H2,(H,32,35)(H,33,36)(H,34,37);1H4/t24-;/m0./s1. The Balaban J connectivity index is 0.00000533. The molecule has 39 heavy (non-hydrogen) atoms. The highest BCUT2D eigenvalue weighted by atomic mass is 19.1. The summed E-state index contributed by atoms with van der Waals surface area (Å²) in [6.07, 6.45) is 0. The molecule has 3 aromatic carbocycles. The van der Waals surface area contributed by atoms with Crippen LogP contribution in [0, 0.1) is 23.5 Å². The number of nitrogens with two attached hydrogens (primary N) is 1. The second-order valence-electron chi connectivity index (χ2n) is 8.03. The molecule has 0 saturated heterocycles. The third kappa shape index (κ3) is 9.32. The number of rotatable bonds is 9. The topological polar surface area (TPSA) is 146 Å². The van der Waals surface area contributed by atoms with Gasteiger partial charge >= 0.3 is 0 Å². The summed E-state index contributed by atoms with van der Waals surface area (Å²) in [4.78, 5) is 35.8. The van der Waals surface area contributed by atoms with Gasteiger partial charge in [-0.15, -0.1) is 0 Å². The van der Waals surface area contributed by atoms with E-state index in [9.17, 15) is 23.2 Å². The Kier molecular flexibility index (Phi) is 11.7. The molecule has 0 heterocycles. The molecule has 9 nitrogen and oxygen atoms in total. The molecule has 0 spiro atoms. The van der Waals surface area contributed by atoms with Crippen LogP contribution >= 0.6 is 0 Å². The molecule has 0 aromatic heterocycles. The van der Waals surface area contributed by atoms with Crippen LogP contribution in [-0.4, -0.2) is 42.1 Å². The van der Waals surface area contributed by atoms with Crippen LogP contribution in [0.15, 0.2) is 66.7 Å². The quantitative estimate of drug-likeness (QED) is 0.140. The Bertz CT molecular complexity index is 1350. The lowest BCUT2D eigenvalue weighted by molar-refractivity contribution is -0.130. The number of hydrogen-bond acceptors (Lipinski definition) is 6. The van der Waals surface area contributed by atoms with Crippen LogP contribution in [0.25, 0.3) is 0 Å². The molecule has 0 aliphatic heterocycles. The van der Waals surface area contributed by atoms with Crippen molar-refractivity contribution in [3.63, 3.8) is 0 Å². The van der Waals surface area contributed by atoms with Crippen LogP contribution in [-0.2, 0) is 16.1 Å². The Hall–Kier alpha value is -4.63. The van der Waals surface area contributed by atoms with E-state index < -0.39 is 29.5 Å². The van der Waals surface area contributed by atoms with Gasteiger partial charge in [0.05, 0.1) is 6.54 Å². The van der Waals surface area contributed by atoms with Crippen molar-refractivity contribution in [2.24, 2.45) is 5.73 Å². The summed E-state index contributed by atoms with van der Waals surface area (Å²) in [7, 11) is 0. The minimum Gasteiger partial charge on any atom is -0.339 e. The van der Waals surface area contributed by atoms with Crippen LogP contribution in [0.5, 0.6) is 0 Å². The Morgan fingerprint density at radius 1 is 0.923 bits per heavy atom. The number of anilines is 1. The zero-order valence-corrected chi connectivity index (χ0v) is 20.1. The van der Waals surface area contributed by atoms with Crippen molar-refractivity contribution in [3.05, 3.63) is 101 Å². The van der Waals surface area contributed by atoms with E-state index >= 15 is 0 Å². The fourth-order valence-corrected chi connectivity index (χ4v) is 3.23. The second-order valence-corrected chi connectivity index (χ2v) is 8.03. The highest BCUT2D eigenvalue weighted by molar-refractivity contribution is 5.97. The number of amides is 3. The van der Waals surface area contributed by atoms with Crippen LogP contribution in [0.4, 0.5) is 14.5 Å². The molecule has 0 aliphatic carbocycles. The van der Waals surface area contributed by atoms with Gasteiger partial charge in [-0.3, -0.25) is 19.6 Å². The molecule has 204 valence electrons. The largest absolute Gasteiger partial charge is 0.339 e. The van der Waals surface area contributed by atoms with E-state index in [2.05, 4.69) is 27.8 Å². The molecule has 3 amide bonds. The first kappa shape index (κ1) is 30.6. The molecule has 3 rings (SSSR count). The summed E-state index contributed by atoms with van der Waals surface area (Å²) < 4.78 is 26.8. The fourth-order valence-electron chi connectivity index (χ4n) is 3.23. The van der Waals surface area contributed by atoms with Gasteiger partial charge in [-0.2, -0.15) is 0 Å². The number of halogens is 2. The molecule has 11 heteroatoms. The monoisotopic (exact) mass is 537 g/mol. The van der Waals surface area contributed by atoms with Gasteiger partial charge in [0.2, 0.25) is 5.91 Å². The maximum Gasteiger partial charge on any atom is 0.267 e. The molecular weight excluding hydrogens is 508 g/mol. The maximum absolute atomic E-state index is 13.6. The summed E-state index contributed by atoms with van der Waals surface area (Å²) in [6.45, 7) is -0.266. The Labute approximate surface area is 224 Å². The van der Waals surface area contributed by atoms with Crippen molar-refractivity contribution in [3.8, 4) is 11.8 Å². The molecule has 3 aromatic rings. The molecule has 0 saturated carbocycles. The highest BCUT2D eigenvalue weighted by Gasteiger charge is 2.19. The maximum atomic E-state index is 13.6. The number of carbonyl (C=O) groups is 3. The van der Waals surface area contributed by atoms with E-state index in [4.69, 9.17) is 10.9 Å². The normalized spacial score (nSPS) is 10.8. The third-order valence-electron chi connectivity index (χ3n) is 5.24. The summed E-state index contributed by atoms with van der Waals surface area (Å²) in [6, 6.07) is 15.2. The molecule has 0 aliphatic rings. The van der Waals surface area contributed by atoms with Gasteiger partial charge in [0.25, 0.3) is 11.8 Å². The van der Waals surface area contributed by atoms with Gasteiger partial charge in [0, 0.05) is 41.0 Å². The molecule has 0 unspecified atom stereocenters. The first-order valence-electron chi connectivity index (χ1n) is 11.4. The van der Waals surface area contributed by atoms with Gasteiger partial charge in [-0.1, -0.05) is 19.3 Å². The minimum absolute atomic E-state index is 0. The average molecular weight is 538 g/mol. The summed E-state index contributed by atoms with van der Waals surface area (Å²) in [5.41, 5.74) is 9.16. The van der Waals surface area contributed by atoms with E-state index in [0.717, 1.165) is 18.2 Å². The number of benzene rings is 3. The molecule has 1 atom stereocenters. The van der Waals surface area contributed by atoms with Crippen molar-refractivity contribution in [2.45, 2.75) is 20.0 Å². The molecule has 7 N–H and O–H groups in total. The fraction of sp³-hybridized carbons (Fsp3) is 0.179. The predicted octanol–water partition coefficient (Wildman–Crippen LogP) is 2.29. The van der Waals surface area contributed by atoms with Crippen molar-refractivity contribution in [1.82, 2.24) is 16.1 Å². The first-order valence-corrected chi connectivity index (χ1v) is 11.4. The number of carbonyl (C=O) groups excluding carboxylic acids is 3. The average Bonchev–Trinajstić information content (AvgIpc) is 2.93. The zero-order chi connectivity index (χ0) is 27.5. The second kappa shape index (κ2) is 14.9. The van der Waals surface area contributed by atoms with Crippen molar-refractivity contribution < 1.29 is 28.4 Å². The highest BCUT2D eigenvalue weighted by Crippen LogP contribution is 2.11. The van der Waals surface area contributed by atoms with E-state index in [0.29, 0.717) is 16.8 Å². The molecule has 0 bridgehead atoms. The molecular formula is C28H29F2N5O4. The summed E-state index contributed by atoms with van der Waals surface area (Å²) in [5.74, 6) is 3.14. The first-order chi connectivity index (χ1) is 18.3. The smallest absolute Gasteiger partial charge is 0.267 e. The predicted molar refractivity (Wildman–Crippen MR) is 143 cm³/mol. The van der Waals surface area contributed by atoms with Crippen molar-refractivity contribution in [1.29, 1.82) is 0 Å². The van der Waals surface area contributed by atoms with Gasteiger partial charge < -0.3 is 21.7 Å². The van der Waals surface area contributed by atoms with Gasteiger partial charge in [-0.25, -0.2) is 14.3 Å². The van der Waals surface area contributed by atoms with E-state index in [-0.39, 0.29) is 44.1 Å². The number of nitrogens with one attached hydrogen (secondary N) is 4. The lowest BCUT2D eigenvalue weighted by Crippen LogP contribution is -2.50. The third-order valence-corrected chi connectivity index (χ3v) is 5.24. The summed E-state index contributed by atoms with van der Waals surface area (Å²) in [5, 5.41) is 16.6. The SMILES string of the molecule is C.NC[C@H](NC(=O)c1ccc(C#Cc2ccc(NC(=O)CNCc3cc(F)ccc3F)cc2)cc1)C(=O)NO. The molecule has 0 fully saturated rings. The van der Waals surface area contributed by atoms with Gasteiger partial charge in [-0.05, 0) is 66.7 Å². The molecule has 0 radical (unpaired) electrons. The van der Waals surface area contributed by atoms with Gasteiger partial charge in [0.1, 0.15) is 17.7 Å². The Morgan fingerprint density at radius 3 is 2.13 bits per heavy atom. The van der Waals surface area contributed by atoms with Crippen LogP contribution in [0.3, 0.4) is 0 Å².